The molecule has 0 saturated heterocycles. The number of hydrogen-bond acceptors (Lipinski definition) is 3. The van der Waals surface area contributed by atoms with Gasteiger partial charge in [-0.05, 0) is 50.1 Å². The number of anilines is 2. The zero-order valence-electron chi connectivity index (χ0n) is 15.6. The summed E-state index contributed by atoms with van der Waals surface area (Å²) in [5.41, 5.74) is 5.12. The van der Waals surface area contributed by atoms with Crippen molar-refractivity contribution in [1.82, 2.24) is 4.90 Å². The van der Waals surface area contributed by atoms with E-state index in [1.54, 1.807) is 11.9 Å². The van der Waals surface area contributed by atoms with E-state index in [0.717, 1.165) is 28.9 Å². The molecule has 1 N–H and O–H groups in total. The molecular weight excluding hydrogens is 326 g/mol. The Morgan fingerprint density at radius 2 is 1.73 bits per heavy atom. The Bertz CT molecular complexity index is 812. The number of benzene rings is 2. The van der Waals surface area contributed by atoms with Gasteiger partial charge < -0.3 is 10.2 Å². The Morgan fingerprint density at radius 3 is 2.46 bits per heavy atom. The summed E-state index contributed by atoms with van der Waals surface area (Å²) in [5.74, 6) is -0.0863. The van der Waals surface area contributed by atoms with Crippen molar-refractivity contribution in [1.29, 1.82) is 0 Å². The minimum Gasteiger partial charge on any atom is -0.324 e. The van der Waals surface area contributed by atoms with Gasteiger partial charge in [0.2, 0.25) is 11.8 Å². The summed E-state index contributed by atoms with van der Waals surface area (Å²) < 4.78 is 0. The molecule has 1 heterocycles. The molecule has 26 heavy (non-hydrogen) atoms. The molecule has 5 nitrogen and oxygen atoms in total. The molecule has 0 aromatic heterocycles. The molecule has 0 fully saturated rings. The Morgan fingerprint density at radius 1 is 1.04 bits per heavy atom. The average Bonchev–Trinajstić information content (AvgIpc) is 3.02. The van der Waals surface area contributed by atoms with E-state index >= 15 is 0 Å². The average molecular weight is 351 g/mol. The summed E-state index contributed by atoms with van der Waals surface area (Å²) in [6, 6.07) is 13.9. The Hall–Kier alpha value is -2.66. The molecule has 0 unspecified atom stereocenters. The van der Waals surface area contributed by atoms with Gasteiger partial charge >= 0.3 is 0 Å². The van der Waals surface area contributed by atoms with Crippen LogP contribution in [-0.2, 0) is 16.0 Å². The van der Waals surface area contributed by atoms with Crippen molar-refractivity contribution in [3.8, 4) is 0 Å². The fourth-order valence-electron chi connectivity index (χ4n) is 3.41. The highest BCUT2D eigenvalue weighted by atomic mass is 16.2. The maximum absolute atomic E-state index is 12.6. The van der Waals surface area contributed by atoms with Crippen LogP contribution in [0, 0.1) is 13.8 Å². The van der Waals surface area contributed by atoms with E-state index in [1.807, 2.05) is 55.1 Å². The maximum atomic E-state index is 12.6. The highest BCUT2D eigenvalue weighted by Crippen LogP contribution is 2.27. The third-order valence-electron chi connectivity index (χ3n) is 4.75. The molecule has 0 spiro atoms. The highest BCUT2D eigenvalue weighted by Gasteiger charge is 2.25. The number of carbonyl (C=O) groups is 2. The number of likely N-dealkylation sites (N-methyl/N-ethyl adjacent to an activating group) is 1. The molecule has 2 aromatic carbocycles. The van der Waals surface area contributed by atoms with E-state index in [2.05, 4.69) is 11.4 Å². The second-order valence-electron chi connectivity index (χ2n) is 6.91. The third kappa shape index (κ3) is 3.94. The van der Waals surface area contributed by atoms with Gasteiger partial charge in [-0.25, -0.2) is 0 Å². The van der Waals surface area contributed by atoms with Gasteiger partial charge in [-0.3, -0.25) is 14.5 Å². The fourth-order valence-corrected chi connectivity index (χ4v) is 3.41. The lowest BCUT2D eigenvalue weighted by Gasteiger charge is -2.22. The van der Waals surface area contributed by atoms with Crippen LogP contribution in [0.3, 0.4) is 0 Å². The first kappa shape index (κ1) is 18.1. The first-order chi connectivity index (χ1) is 12.5. The zero-order chi connectivity index (χ0) is 18.7. The number of nitrogens with zero attached hydrogens (tertiary/aromatic N) is 2. The molecule has 1 aliphatic heterocycles. The summed E-state index contributed by atoms with van der Waals surface area (Å²) in [4.78, 5) is 28.5. The number of para-hydroxylation sites is 2. The van der Waals surface area contributed by atoms with E-state index in [9.17, 15) is 9.59 Å². The summed E-state index contributed by atoms with van der Waals surface area (Å²) in [6.07, 6.45) is 0.888. The predicted molar refractivity (Wildman–Crippen MR) is 105 cm³/mol. The van der Waals surface area contributed by atoms with Crippen molar-refractivity contribution >= 4 is 23.2 Å². The summed E-state index contributed by atoms with van der Waals surface area (Å²) >= 11 is 0. The van der Waals surface area contributed by atoms with Crippen molar-refractivity contribution in [3.05, 3.63) is 59.2 Å². The van der Waals surface area contributed by atoms with Crippen LogP contribution >= 0.6 is 0 Å². The van der Waals surface area contributed by atoms with Gasteiger partial charge in [0.05, 0.1) is 13.1 Å². The quantitative estimate of drug-likeness (QED) is 0.901. The smallest absolute Gasteiger partial charge is 0.241 e. The lowest BCUT2D eigenvalue weighted by atomic mass is 10.1. The lowest BCUT2D eigenvalue weighted by Crippen LogP contribution is -2.41. The fraction of sp³-hybridized carbons (Fsp3) is 0.333. The summed E-state index contributed by atoms with van der Waals surface area (Å²) in [5, 5.41) is 2.96. The molecule has 0 radical (unpaired) electrons. The van der Waals surface area contributed by atoms with Gasteiger partial charge in [0, 0.05) is 17.9 Å². The molecule has 1 aliphatic rings. The van der Waals surface area contributed by atoms with Crippen molar-refractivity contribution in [2.24, 2.45) is 0 Å². The Kier molecular flexibility index (Phi) is 5.38. The molecule has 2 amide bonds. The first-order valence-electron chi connectivity index (χ1n) is 8.88. The van der Waals surface area contributed by atoms with Crippen LogP contribution in [0.1, 0.15) is 16.7 Å². The molecule has 0 bridgehead atoms. The van der Waals surface area contributed by atoms with Gasteiger partial charge in [-0.2, -0.15) is 0 Å². The van der Waals surface area contributed by atoms with Crippen LogP contribution in [-0.4, -0.2) is 43.4 Å². The van der Waals surface area contributed by atoms with Crippen molar-refractivity contribution in [2.45, 2.75) is 20.3 Å². The topological polar surface area (TPSA) is 52.7 Å². The molecule has 136 valence electrons. The standard InChI is InChI=1S/C21H25N3O2/c1-15-7-6-8-16(2)21(15)22-19(25)13-23(3)14-20(26)24-12-11-17-9-4-5-10-18(17)24/h4-10H,11-14H2,1-3H3,(H,22,25). The SMILES string of the molecule is Cc1cccc(C)c1NC(=O)CN(C)CC(=O)N1CCc2ccccc21. The monoisotopic (exact) mass is 351 g/mol. The largest absolute Gasteiger partial charge is 0.324 e. The molecule has 0 aliphatic carbocycles. The number of nitrogens with one attached hydrogen (secondary N) is 1. The predicted octanol–water partition coefficient (Wildman–Crippen LogP) is 2.76. The number of aryl methyl sites for hydroxylation is 2. The summed E-state index contributed by atoms with van der Waals surface area (Å²) in [6.45, 7) is 5.05. The van der Waals surface area contributed by atoms with Crippen molar-refractivity contribution < 1.29 is 9.59 Å². The zero-order valence-corrected chi connectivity index (χ0v) is 15.6. The van der Waals surface area contributed by atoms with E-state index in [0.29, 0.717) is 6.54 Å². The van der Waals surface area contributed by atoms with Gasteiger partial charge in [-0.15, -0.1) is 0 Å². The van der Waals surface area contributed by atoms with E-state index < -0.39 is 0 Å². The van der Waals surface area contributed by atoms with Crippen LogP contribution in [0.25, 0.3) is 0 Å². The molecular formula is C21H25N3O2. The van der Waals surface area contributed by atoms with E-state index in [1.165, 1.54) is 5.56 Å². The lowest BCUT2D eigenvalue weighted by molar-refractivity contribution is -0.120. The number of fused-ring (bicyclic) bond motifs is 1. The van der Waals surface area contributed by atoms with Gasteiger partial charge in [0.1, 0.15) is 0 Å². The second kappa shape index (κ2) is 7.70. The van der Waals surface area contributed by atoms with Crippen LogP contribution in [0.15, 0.2) is 42.5 Å². The van der Waals surface area contributed by atoms with Crippen LogP contribution < -0.4 is 10.2 Å². The molecule has 5 heteroatoms. The first-order valence-corrected chi connectivity index (χ1v) is 8.88. The van der Waals surface area contributed by atoms with Gasteiger partial charge in [0.25, 0.3) is 0 Å². The van der Waals surface area contributed by atoms with Crippen LogP contribution in [0.4, 0.5) is 11.4 Å². The molecule has 2 aromatic rings. The number of amides is 2. The number of rotatable bonds is 5. The minimum atomic E-state index is -0.112. The van der Waals surface area contributed by atoms with E-state index in [4.69, 9.17) is 0 Å². The van der Waals surface area contributed by atoms with Crippen molar-refractivity contribution in [2.75, 3.05) is 36.9 Å². The Labute approximate surface area is 154 Å². The normalized spacial score (nSPS) is 13.0. The van der Waals surface area contributed by atoms with Crippen molar-refractivity contribution in [3.63, 3.8) is 0 Å². The number of hydrogen-bond donors (Lipinski definition) is 1. The third-order valence-corrected chi connectivity index (χ3v) is 4.75. The second-order valence-corrected chi connectivity index (χ2v) is 6.91. The van der Waals surface area contributed by atoms with Gasteiger partial charge in [0.15, 0.2) is 0 Å². The number of carbonyl (C=O) groups excluding carboxylic acids is 2. The molecule has 3 rings (SSSR count). The summed E-state index contributed by atoms with van der Waals surface area (Å²) in [7, 11) is 1.80. The van der Waals surface area contributed by atoms with Crippen LogP contribution in [0.5, 0.6) is 0 Å². The maximum Gasteiger partial charge on any atom is 0.241 e. The molecule has 0 saturated carbocycles. The minimum absolute atomic E-state index is 0.0253. The van der Waals surface area contributed by atoms with Crippen LogP contribution in [0.2, 0.25) is 0 Å². The molecule has 0 atom stereocenters. The Balaban J connectivity index is 1.56. The van der Waals surface area contributed by atoms with Gasteiger partial charge in [-0.1, -0.05) is 36.4 Å². The van der Waals surface area contributed by atoms with E-state index in [-0.39, 0.29) is 24.9 Å². The highest BCUT2D eigenvalue weighted by molar-refractivity contribution is 5.98.